The number of unbranched alkanes of at least 4 members (excludes halogenated alkanes) is 2. The summed E-state index contributed by atoms with van der Waals surface area (Å²) in [5.74, 6) is 0. The van der Waals surface area contributed by atoms with Crippen LogP contribution in [0.15, 0.2) is 0 Å². The molecule has 0 radical (unpaired) electrons. The fraction of sp³-hybridized carbons (Fsp3) is 1.00. The summed E-state index contributed by atoms with van der Waals surface area (Å²) in [7, 11) is -3.41. The molecule has 1 unspecified atom stereocenters. The Bertz CT molecular complexity index is 197. The van der Waals surface area contributed by atoms with Crippen molar-refractivity contribution in [2.45, 2.75) is 51.9 Å². The molecular formula is C10H23O4PS. The number of phosphoric ester groups is 1. The van der Waals surface area contributed by atoms with Crippen LogP contribution in [0.5, 0.6) is 0 Å². The van der Waals surface area contributed by atoms with Gasteiger partial charge in [0.25, 0.3) is 0 Å². The molecule has 0 spiro atoms. The quantitative estimate of drug-likeness (QED) is 0.282. The monoisotopic (exact) mass is 270 g/mol. The summed E-state index contributed by atoms with van der Waals surface area (Å²) in [6.07, 6.45) is 3.63. The van der Waals surface area contributed by atoms with Gasteiger partial charge in [-0.25, -0.2) is 4.57 Å². The van der Waals surface area contributed by atoms with Crippen molar-refractivity contribution in [3.63, 3.8) is 0 Å². The molecule has 0 fully saturated rings. The van der Waals surface area contributed by atoms with Crippen LogP contribution in [-0.2, 0) is 18.1 Å². The third kappa shape index (κ3) is 8.59. The zero-order chi connectivity index (χ0) is 12.4. The van der Waals surface area contributed by atoms with Gasteiger partial charge in [0, 0.05) is 0 Å². The molecule has 0 aromatic carbocycles. The molecular weight excluding hydrogens is 247 g/mol. The van der Waals surface area contributed by atoms with E-state index in [-0.39, 0.29) is 0 Å². The summed E-state index contributed by atoms with van der Waals surface area (Å²) < 4.78 is 27.5. The van der Waals surface area contributed by atoms with E-state index in [0.29, 0.717) is 13.2 Å². The van der Waals surface area contributed by atoms with Gasteiger partial charge in [0.1, 0.15) is 5.44 Å². The Balaban J connectivity index is 4.08. The maximum atomic E-state index is 12.1. The summed E-state index contributed by atoms with van der Waals surface area (Å²) in [5.41, 5.74) is -0.464. The molecule has 6 heteroatoms. The van der Waals surface area contributed by atoms with Crippen molar-refractivity contribution in [1.82, 2.24) is 0 Å². The predicted octanol–water partition coefficient (Wildman–Crippen LogP) is 4.02. The van der Waals surface area contributed by atoms with Crippen molar-refractivity contribution in [1.29, 1.82) is 0 Å². The van der Waals surface area contributed by atoms with Crippen molar-refractivity contribution in [2.24, 2.45) is 0 Å². The average molecular weight is 270 g/mol. The highest BCUT2D eigenvalue weighted by atomic mass is 32.1. The van der Waals surface area contributed by atoms with Crippen molar-refractivity contribution >= 4 is 20.5 Å². The summed E-state index contributed by atoms with van der Waals surface area (Å²) in [4.78, 5) is 0. The van der Waals surface area contributed by atoms with Crippen LogP contribution in [0, 0.1) is 0 Å². The topological polar surface area (TPSA) is 44.8 Å². The second kappa shape index (κ2) is 9.49. The smallest absolute Gasteiger partial charge is 0.287 e. The largest absolute Gasteiger partial charge is 0.475 e. The highest BCUT2D eigenvalue weighted by Gasteiger charge is 2.27. The first-order valence-electron chi connectivity index (χ1n) is 5.79. The van der Waals surface area contributed by atoms with Crippen LogP contribution >= 0.6 is 20.5 Å². The molecule has 0 aromatic heterocycles. The number of hydrogen-bond donors (Lipinski definition) is 1. The molecule has 0 bridgehead atoms. The Hall–Kier alpha value is 0.460. The number of phosphoric acid groups is 1. The Morgan fingerprint density at radius 3 is 1.88 bits per heavy atom. The van der Waals surface area contributed by atoms with Gasteiger partial charge in [-0.05, 0) is 19.8 Å². The first-order valence-corrected chi connectivity index (χ1v) is 7.77. The van der Waals surface area contributed by atoms with Crippen LogP contribution in [0.25, 0.3) is 0 Å². The van der Waals surface area contributed by atoms with E-state index in [4.69, 9.17) is 13.6 Å². The van der Waals surface area contributed by atoms with E-state index in [1.54, 1.807) is 6.92 Å². The SMILES string of the molecule is CCCCOP(=O)(OCCCC)OC(C)S. The highest BCUT2D eigenvalue weighted by Crippen LogP contribution is 2.51. The highest BCUT2D eigenvalue weighted by molar-refractivity contribution is 7.81. The molecule has 0 saturated heterocycles. The van der Waals surface area contributed by atoms with Crippen molar-refractivity contribution in [3.05, 3.63) is 0 Å². The van der Waals surface area contributed by atoms with Crippen LogP contribution in [0.3, 0.4) is 0 Å². The van der Waals surface area contributed by atoms with Gasteiger partial charge >= 0.3 is 7.82 Å². The van der Waals surface area contributed by atoms with E-state index in [0.717, 1.165) is 25.7 Å². The number of thiol groups is 1. The van der Waals surface area contributed by atoms with E-state index in [2.05, 4.69) is 12.6 Å². The molecule has 98 valence electrons. The van der Waals surface area contributed by atoms with Gasteiger partial charge in [-0.3, -0.25) is 13.6 Å². The molecule has 4 nitrogen and oxygen atoms in total. The predicted molar refractivity (Wildman–Crippen MR) is 68.9 cm³/mol. The lowest BCUT2D eigenvalue weighted by Gasteiger charge is -2.19. The zero-order valence-corrected chi connectivity index (χ0v) is 12.1. The molecule has 0 aromatic rings. The molecule has 0 N–H and O–H groups in total. The van der Waals surface area contributed by atoms with Gasteiger partial charge in [0.2, 0.25) is 0 Å². The van der Waals surface area contributed by atoms with E-state index in [1.165, 1.54) is 0 Å². The molecule has 1 atom stereocenters. The molecule has 0 amide bonds. The first-order chi connectivity index (χ1) is 7.54. The third-order valence-electron chi connectivity index (χ3n) is 1.78. The third-order valence-corrected chi connectivity index (χ3v) is 3.62. The Kier molecular flexibility index (Phi) is 9.76. The van der Waals surface area contributed by atoms with Crippen molar-refractivity contribution < 1.29 is 18.1 Å². The minimum atomic E-state index is -3.41. The van der Waals surface area contributed by atoms with Crippen LogP contribution in [-0.4, -0.2) is 18.6 Å². The van der Waals surface area contributed by atoms with E-state index < -0.39 is 13.3 Å². The molecule has 0 saturated carbocycles. The molecule has 0 aliphatic carbocycles. The lowest BCUT2D eigenvalue weighted by molar-refractivity contribution is 0.108. The maximum Gasteiger partial charge on any atom is 0.475 e. The molecule has 16 heavy (non-hydrogen) atoms. The van der Waals surface area contributed by atoms with Crippen LogP contribution in [0.2, 0.25) is 0 Å². The van der Waals surface area contributed by atoms with Crippen LogP contribution in [0.4, 0.5) is 0 Å². The zero-order valence-electron chi connectivity index (χ0n) is 10.3. The van der Waals surface area contributed by atoms with Gasteiger partial charge in [-0.1, -0.05) is 26.7 Å². The second-order valence-corrected chi connectivity index (χ2v) is 5.87. The molecule has 0 heterocycles. The van der Waals surface area contributed by atoms with Gasteiger partial charge in [-0.2, -0.15) is 0 Å². The Labute approximate surface area is 104 Å². The normalized spacial score (nSPS) is 14.0. The standard InChI is InChI=1S/C10H23O4PS/c1-4-6-8-12-15(11,14-10(3)16)13-9-7-5-2/h10,16H,4-9H2,1-3H3. The fourth-order valence-corrected chi connectivity index (χ4v) is 2.55. The van der Waals surface area contributed by atoms with E-state index in [9.17, 15) is 4.57 Å². The summed E-state index contributed by atoms with van der Waals surface area (Å²) in [6.45, 7) is 6.53. The van der Waals surface area contributed by atoms with Gasteiger partial charge in [0.15, 0.2) is 0 Å². The fourth-order valence-electron chi connectivity index (χ4n) is 0.926. The summed E-state index contributed by atoms with van der Waals surface area (Å²) in [5, 5.41) is 0. The number of hydrogen-bond acceptors (Lipinski definition) is 5. The van der Waals surface area contributed by atoms with Gasteiger partial charge < -0.3 is 0 Å². The van der Waals surface area contributed by atoms with E-state index >= 15 is 0 Å². The van der Waals surface area contributed by atoms with Crippen LogP contribution < -0.4 is 0 Å². The van der Waals surface area contributed by atoms with Gasteiger partial charge in [0.05, 0.1) is 13.2 Å². The minimum Gasteiger partial charge on any atom is -0.287 e. The summed E-state index contributed by atoms with van der Waals surface area (Å²) >= 11 is 4.03. The second-order valence-electron chi connectivity index (χ2n) is 3.53. The molecule has 0 aliphatic rings. The number of rotatable bonds is 10. The summed E-state index contributed by atoms with van der Waals surface area (Å²) in [6, 6.07) is 0. The maximum absolute atomic E-state index is 12.1. The molecule has 0 aliphatic heterocycles. The Morgan fingerprint density at radius 2 is 1.56 bits per heavy atom. The van der Waals surface area contributed by atoms with Crippen LogP contribution in [0.1, 0.15) is 46.5 Å². The average Bonchev–Trinajstić information content (AvgIpc) is 2.17. The van der Waals surface area contributed by atoms with Crippen molar-refractivity contribution in [2.75, 3.05) is 13.2 Å². The minimum absolute atomic E-state index is 0.389. The van der Waals surface area contributed by atoms with Crippen molar-refractivity contribution in [3.8, 4) is 0 Å². The lowest BCUT2D eigenvalue weighted by atomic mass is 10.4. The van der Waals surface area contributed by atoms with E-state index in [1.807, 2.05) is 13.8 Å². The lowest BCUT2D eigenvalue weighted by Crippen LogP contribution is -2.06. The molecule has 0 rings (SSSR count). The Morgan fingerprint density at radius 1 is 1.12 bits per heavy atom. The first kappa shape index (κ1) is 16.5. The van der Waals surface area contributed by atoms with Gasteiger partial charge in [-0.15, -0.1) is 12.6 Å².